The minimum Gasteiger partial charge on any atom is -0.481 e. The number of guanidine groups is 1. The van der Waals surface area contributed by atoms with Crippen molar-refractivity contribution in [1.29, 1.82) is 0 Å². The number of hydrogen-bond acceptors (Lipinski definition) is 4. The smallest absolute Gasteiger partial charge is 0.213 e. The fourth-order valence-corrected chi connectivity index (χ4v) is 4.39. The maximum absolute atomic E-state index is 6.07. The van der Waals surface area contributed by atoms with Crippen LogP contribution in [0.2, 0.25) is 0 Å². The number of nitrogens with zero attached hydrogens (tertiary/aromatic N) is 3. The number of ether oxygens (including phenoxy) is 2. The summed E-state index contributed by atoms with van der Waals surface area (Å²) in [6, 6.07) is 3.93. The molecular formula is C18H26N4O2. The molecule has 0 spiro atoms. The maximum Gasteiger partial charge on any atom is 0.213 e. The van der Waals surface area contributed by atoms with Gasteiger partial charge in [-0.3, -0.25) is 0 Å². The molecule has 6 nitrogen and oxygen atoms in total. The SMILES string of the molecule is CCNC(=NCc1ccnc(OC)c1)N1CC2C3CCC(O3)C2C1. The van der Waals surface area contributed by atoms with Crippen LogP contribution in [-0.2, 0) is 11.3 Å². The Hall–Kier alpha value is -1.82. The molecule has 4 unspecified atom stereocenters. The quantitative estimate of drug-likeness (QED) is 0.672. The third-order valence-electron chi connectivity index (χ3n) is 5.51. The molecule has 1 N–H and O–H groups in total. The highest BCUT2D eigenvalue weighted by Gasteiger charge is 2.53. The summed E-state index contributed by atoms with van der Waals surface area (Å²) in [4.78, 5) is 11.4. The molecule has 0 aliphatic carbocycles. The molecule has 6 heteroatoms. The fourth-order valence-electron chi connectivity index (χ4n) is 4.39. The van der Waals surface area contributed by atoms with Gasteiger partial charge in [0.25, 0.3) is 0 Å². The van der Waals surface area contributed by atoms with E-state index >= 15 is 0 Å². The van der Waals surface area contributed by atoms with E-state index in [0.717, 1.165) is 31.2 Å². The van der Waals surface area contributed by atoms with Gasteiger partial charge in [0.15, 0.2) is 5.96 Å². The first-order valence-electron chi connectivity index (χ1n) is 8.96. The summed E-state index contributed by atoms with van der Waals surface area (Å²) < 4.78 is 11.3. The van der Waals surface area contributed by atoms with Crippen LogP contribution in [0.3, 0.4) is 0 Å². The second-order valence-electron chi connectivity index (χ2n) is 6.90. The van der Waals surface area contributed by atoms with Gasteiger partial charge < -0.3 is 19.7 Å². The topological polar surface area (TPSA) is 59.0 Å². The number of methoxy groups -OCH3 is 1. The van der Waals surface area contributed by atoms with E-state index in [1.165, 1.54) is 12.8 Å². The molecule has 0 amide bonds. The zero-order chi connectivity index (χ0) is 16.5. The summed E-state index contributed by atoms with van der Waals surface area (Å²) in [6.07, 6.45) is 5.22. The highest BCUT2D eigenvalue weighted by molar-refractivity contribution is 5.80. The highest BCUT2D eigenvalue weighted by Crippen LogP contribution is 2.47. The van der Waals surface area contributed by atoms with E-state index in [9.17, 15) is 0 Å². The Kier molecular flexibility index (Phi) is 4.31. The number of rotatable bonds is 4. The molecule has 1 aromatic rings. The summed E-state index contributed by atoms with van der Waals surface area (Å²) in [6.45, 7) is 5.77. The number of nitrogens with one attached hydrogen (secondary N) is 1. The zero-order valence-electron chi connectivity index (χ0n) is 14.4. The van der Waals surface area contributed by atoms with Gasteiger partial charge in [-0.15, -0.1) is 0 Å². The van der Waals surface area contributed by atoms with Crippen molar-refractivity contribution in [1.82, 2.24) is 15.2 Å². The van der Waals surface area contributed by atoms with Crippen molar-refractivity contribution in [3.05, 3.63) is 23.9 Å². The Morgan fingerprint density at radius 2 is 2.12 bits per heavy atom. The molecular weight excluding hydrogens is 304 g/mol. The monoisotopic (exact) mass is 330 g/mol. The summed E-state index contributed by atoms with van der Waals surface area (Å²) >= 11 is 0. The lowest BCUT2D eigenvalue weighted by molar-refractivity contribution is 0.0767. The van der Waals surface area contributed by atoms with Crippen LogP contribution < -0.4 is 10.1 Å². The van der Waals surface area contributed by atoms with Gasteiger partial charge in [0.05, 0.1) is 25.9 Å². The summed E-state index contributed by atoms with van der Waals surface area (Å²) in [5.41, 5.74) is 1.11. The van der Waals surface area contributed by atoms with Gasteiger partial charge in [-0.05, 0) is 31.4 Å². The molecule has 3 aliphatic heterocycles. The third kappa shape index (κ3) is 2.83. The lowest BCUT2D eigenvalue weighted by Gasteiger charge is -2.23. The standard InChI is InChI=1S/C18H26N4O2/c1-3-19-18(21-9-12-6-7-20-17(8-12)23-2)22-10-13-14(11-22)16-5-4-15(13)24-16/h6-8,13-16H,3-5,9-11H2,1-2H3,(H,19,21). The second kappa shape index (κ2) is 6.59. The van der Waals surface area contributed by atoms with Crippen molar-refractivity contribution in [2.24, 2.45) is 16.8 Å². The number of likely N-dealkylation sites (tertiary alicyclic amines) is 1. The average Bonchev–Trinajstić information content (AvgIpc) is 3.31. The molecule has 1 aromatic heterocycles. The van der Waals surface area contributed by atoms with E-state index in [1.807, 2.05) is 12.1 Å². The Morgan fingerprint density at radius 3 is 2.79 bits per heavy atom. The van der Waals surface area contributed by atoms with Gasteiger partial charge in [0.2, 0.25) is 5.88 Å². The second-order valence-corrected chi connectivity index (χ2v) is 6.90. The number of fused-ring (bicyclic) bond motifs is 5. The highest BCUT2D eigenvalue weighted by atomic mass is 16.5. The van der Waals surface area contributed by atoms with Gasteiger partial charge in [-0.1, -0.05) is 0 Å². The Balaban J connectivity index is 1.46. The number of pyridine rings is 1. The van der Waals surface area contributed by atoms with E-state index < -0.39 is 0 Å². The van der Waals surface area contributed by atoms with Gasteiger partial charge in [0.1, 0.15) is 0 Å². The molecule has 4 atom stereocenters. The van der Waals surface area contributed by atoms with E-state index in [1.54, 1.807) is 13.3 Å². The lowest BCUT2D eigenvalue weighted by atomic mass is 9.82. The molecule has 3 saturated heterocycles. The van der Waals surface area contributed by atoms with Crippen molar-refractivity contribution in [3.63, 3.8) is 0 Å². The van der Waals surface area contributed by atoms with Crippen LogP contribution in [0.5, 0.6) is 5.88 Å². The van der Waals surface area contributed by atoms with Gasteiger partial charge in [-0.2, -0.15) is 0 Å². The van der Waals surface area contributed by atoms with Crippen LogP contribution in [-0.4, -0.2) is 54.8 Å². The minimum absolute atomic E-state index is 0.484. The van der Waals surface area contributed by atoms with Crippen LogP contribution in [0.4, 0.5) is 0 Å². The van der Waals surface area contributed by atoms with E-state index in [2.05, 4.69) is 22.1 Å². The first-order valence-corrected chi connectivity index (χ1v) is 8.96. The fraction of sp³-hybridized carbons (Fsp3) is 0.667. The normalized spacial score (nSPS) is 31.4. The first kappa shape index (κ1) is 15.7. The predicted octanol–water partition coefficient (Wildman–Crippen LogP) is 1.66. The maximum atomic E-state index is 6.07. The molecule has 130 valence electrons. The number of aliphatic imine (C=N–C) groups is 1. The van der Waals surface area contributed by atoms with Crippen LogP contribution in [0.15, 0.2) is 23.3 Å². The third-order valence-corrected chi connectivity index (χ3v) is 5.51. The van der Waals surface area contributed by atoms with Crippen LogP contribution in [0.1, 0.15) is 25.3 Å². The molecule has 3 aliphatic rings. The largest absolute Gasteiger partial charge is 0.481 e. The van der Waals surface area contributed by atoms with Crippen molar-refractivity contribution in [2.45, 2.75) is 38.5 Å². The summed E-state index contributed by atoms with van der Waals surface area (Å²) in [5.74, 6) is 3.03. The first-order chi connectivity index (χ1) is 11.8. The van der Waals surface area contributed by atoms with Crippen molar-refractivity contribution in [2.75, 3.05) is 26.7 Å². The molecule has 0 saturated carbocycles. The van der Waals surface area contributed by atoms with Gasteiger partial charge in [0, 0.05) is 43.7 Å². The zero-order valence-corrected chi connectivity index (χ0v) is 14.4. The van der Waals surface area contributed by atoms with E-state index in [4.69, 9.17) is 14.5 Å². The molecule has 4 rings (SSSR count). The average molecular weight is 330 g/mol. The van der Waals surface area contributed by atoms with Crippen LogP contribution >= 0.6 is 0 Å². The Labute approximate surface area is 143 Å². The molecule has 24 heavy (non-hydrogen) atoms. The van der Waals surface area contributed by atoms with Gasteiger partial charge >= 0.3 is 0 Å². The van der Waals surface area contributed by atoms with Crippen molar-refractivity contribution < 1.29 is 9.47 Å². The predicted molar refractivity (Wildman–Crippen MR) is 92.1 cm³/mol. The molecule has 2 bridgehead atoms. The van der Waals surface area contributed by atoms with Gasteiger partial charge in [-0.25, -0.2) is 9.98 Å². The summed E-state index contributed by atoms with van der Waals surface area (Å²) in [7, 11) is 1.64. The minimum atomic E-state index is 0.484. The molecule has 4 heterocycles. The van der Waals surface area contributed by atoms with Crippen LogP contribution in [0, 0.1) is 11.8 Å². The molecule has 0 radical (unpaired) electrons. The number of hydrogen-bond donors (Lipinski definition) is 1. The van der Waals surface area contributed by atoms with Crippen molar-refractivity contribution in [3.8, 4) is 5.88 Å². The lowest BCUT2D eigenvalue weighted by Crippen LogP contribution is -2.41. The number of aromatic nitrogens is 1. The Morgan fingerprint density at radius 1 is 1.38 bits per heavy atom. The summed E-state index contributed by atoms with van der Waals surface area (Å²) in [5, 5.41) is 3.45. The van der Waals surface area contributed by atoms with Crippen LogP contribution in [0.25, 0.3) is 0 Å². The molecule has 0 aromatic carbocycles. The van der Waals surface area contributed by atoms with E-state index in [0.29, 0.717) is 36.5 Å². The van der Waals surface area contributed by atoms with Crippen molar-refractivity contribution >= 4 is 5.96 Å². The van der Waals surface area contributed by atoms with E-state index in [-0.39, 0.29) is 0 Å². The molecule has 3 fully saturated rings. The Bertz CT molecular complexity index is 603.